The van der Waals surface area contributed by atoms with Crippen molar-refractivity contribution in [2.75, 3.05) is 25.0 Å². The van der Waals surface area contributed by atoms with E-state index in [1.165, 1.54) is 0 Å². The van der Waals surface area contributed by atoms with Gasteiger partial charge in [-0.2, -0.15) is 0 Å². The maximum atomic E-state index is 12.5. The highest BCUT2D eigenvalue weighted by atomic mass is 35.5. The average molecular weight is 386 g/mol. The first-order chi connectivity index (χ1) is 11.9. The SMILES string of the molecule is CCCNC(=O)C1CCN([C@@H](C)C(=O)Nc2cc(Cl)cc(Cl)c2)CC1. The van der Waals surface area contributed by atoms with Crippen LogP contribution < -0.4 is 10.6 Å². The predicted molar refractivity (Wildman–Crippen MR) is 102 cm³/mol. The van der Waals surface area contributed by atoms with Crippen LogP contribution in [0.5, 0.6) is 0 Å². The number of hydrogen-bond acceptors (Lipinski definition) is 3. The summed E-state index contributed by atoms with van der Waals surface area (Å²) in [5.41, 5.74) is 0.586. The van der Waals surface area contributed by atoms with Crippen molar-refractivity contribution in [1.82, 2.24) is 10.2 Å². The lowest BCUT2D eigenvalue weighted by atomic mass is 9.95. The number of carbonyl (C=O) groups is 2. The van der Waals surface area contributed by atoms with Crippen molar-refractivity contribution in [2.45, 2.75) is 39.2 Å². The second kappa shape index (κ2) is 9.41. The lowest BCUT2D eigenvalue weighted by Crippen LogP contribution is -2.48. The maximum absolute atomic E-state index is 12.5. The zero-order valence-corrected chi connectivity index (χ0v) is 16.2. The zero-order chi connectivity index (χ0) is 18.4. The molecule has 7 heteroatoms. The van der Waals surface area contributed by atoms with Crippen molar-refractivity contribution in [3.8, 4) is 0 Å². The average Bonchev–Trinajstić information content (AvgIpc) is 2.58. The Labute approximate surface area is 159 Å². The first kappa shape index (κ1) is 20.0. The van der Waals surface area contributed by atoms with Crippen LogP contribution in [0.1, 0.15) is 33.1 Å². The van der Waals surface area contributed by atoms with E-state index in [4.69, 9.17) is 23.2 Å². The molecule has 0 radical (unpaired) electrons. The van der Waals surface area contributed by atoms with Crippen LogP contribution in [-0.4, -0.2) is 42.4 Å². The minimum atomic E-state index is -0.280. The highest BCUT2D eigenvalue weighted by Gasteiger charge is 2.29. The number of halogens is 2. The summed E-state index contributed by atoms with van der Waals surface area (Å²) in [7, 11) is 0. The Balaban J connectivity index is 1.85. The van der Waals surface area contributed by atoms with Crippen LogP contribution in [-0.2, 0) is 9.59 Å². The topological polar surface area (TPSA) is 61.4 Å². The molecule has 1 fully saturated rings. The van der Waals surface area contributed by atoms with Gasteiger partial charge in [0, 0.05) is 28.2 Å². The highest BCUT2D eigenvalue weighted by molar-refractivity contribution is 6.35. The van der Waals surface area contributed by atoms with Crippen LogP contribution in [0.4, 0.5) is 5.69 Å². The summed E-state index contributed by atoms with van der Waals surface area (Å²) in [6.07, 6.45) is 2.49. The zero-order valence-electron chi connectivity index (χ0n) is 14.6. The first-order valence-electron chi connectivity index (χ1n) is 8.69. The monoisotopic (exact) mass is 385 g/mol. The van der Waals surface area contributed by atoms with E-state index < -0.39 is 0 Å². The van der Waals surface area contributed by atoms with Crippen LogP contribution in [0.15, 0.2) is 18.2 Å². The molecule has 2 rings (SSSR count). The van der Waals surface area contributed by atoms with Crippen molar-refractivity contribution in [1.29, 1.82) is 0 Å². The third-order valence-corrected chi connectivity index (χ3v) is 4.94. The summed E-state index contributed by atoms with van der Waals surface area (Å²) in [6.45, 7) is 6.10. The summed E-state index contributed by atoms with van der Waals surface area (Å²) >= 11 is 11.9. The van der Waals surface area contributed by atoms with Gasteiger partial charge in [0.05, 0.1) is 6.04 Å². The van der Waals surface area contributed by atoms with E-state index in [1.807, 2.05) is 13.8 Å². The van der Waals surface area contributed by atoms with E-state index in [-0.39, 0.29) is 23.8 Å². The highest BCUT2D eigenvalue weighted by Crippen LogP contribution is 2.24. The molecule has 1 heterocycles. The molecule has 1 aromatic carbocycles. The molecule has 0 saturated carbocycles. The standard InChI is InChI=1S/C18H25Cl2N3O2/c1-3-6-21-18(25)13-4-7-23(8-5-13)12(2)17(24)22-16-10-14(19)9-15(20)11-16/h9-13H,3-8H2,1-2H3,(H,21,25)(H,22,24)/t12-/m0/s1. The molecule has 1 atom stereocenters. The minimum absolute atomic E-state index is 0.0461. The number of benzene rings is 1. The molecule has 0 bridgehead atoms. The number of nitrogens with zero attached hydrogens (tertiary/aromatic N) is 1. The Morgan fingerprint density at radius 3 is 2.36 bits per heavy atom. The quantitative estimate of drug-likeness (QED) is 0.786. The molecule has 0 aromatic heterocycles. The van der Waals surface area contributed by atoms with Gasteiger partial charge in [-0.3, -0.25) is 14.5 Å². The van der Waals surface area contributed by atoms with Crippen molar-refractivity contribution < 1.29 is 9.59 Å². The van der Waals surface area contributed by atoms with Gasteiger partial charge < -0.3 is 10.6 Å². The summed E-state index contributed by atoms with van der Waals surface area (Å²) in [4.78, 5) is 26.6. The molecule has 1 saturated heterocycles. The van der Waals surface area contributed by atoms with E-state index in [0.29, 0.717) is 15.7 Å². The van der Waals surface area contributed by atoms with Crippen molar-refractivity contribution in [3.05, 3.63) is 28.2 Å². The lowest BCUT2D eigenvalue weighted by molar-refractivity contribution is -0.127. The molecule has 1 aromatic rings. The van der Waals surface area contributed by atoms with Gasteiger partial charge in [0.1, 0.15) is 0 Å². The molecule has 138 valence electrons. The smallest absolute Gasteiger partial charge is 0.241 e. The summed E-state index contributed by atoms with van der Waals surface area (Å²) in [5, 5.41) is 6.77. The number of carbonyl (C=O) groups excluding carboxylic acids is 2. The van der Waals surface area contributed by atoms with Gasteiger partial charge in [-0.05, 0) is 57.5 Å². The summed E-state index contributed by atoms with van der Waals surface area (Å²) in [5.74, 6) is 0.0733. The Hall–Kier alpha value is -1.30. The molecule has 25 heavy (non-hydrogen) atoms. The fraction of sp³-hybridized carbons (Fsp3) is 0.556. The number of rotatable bonds is 6. The maximum Gasteiger partial charge on any atom is 0.241 e. The van der Waals surface area contributed by atoms with Gasteiger partial charge >= 0.3 is 0 Å². The molecular weight excluding hydrogens is 361 g/mol. The molecule has 1 aliphatic rings. The second-order valence-corrected chi connectivity index (χ2v) is 7.30. The van der Waals surface area contributed by atoms with Gasteiger partial charge in [-0.25, -0.2) is 0 Å². The third kappa shape index (κ3) is 5.87. The Morgan fingerprint density at radius 2 is 1.80 bits per heavy atom. The van der Waals surface area contributed by atoms with Crippen LogP contribution in [0.25, 0.3) is 0 Å². The van der Waals surface area contributed by atoms with Crippen LogP contribution in [0.3, 0.4) is 0 Å². The number of anilines is 1. The Bertz CT molecular complexity index is 596. The van der Waals surface area contributed by atoms with Crippen molar-refractivity contribution >= 4 is 40.7 Å². The van der Waals surface area contributed by atoms with E-state index in [2.05, 4.69) is 15.5 Å². The van der Waals surface area contributed by atoms with Gasteiger partial charge in [0.15, 0.2) is 0 Å². The molecular formula is C18H25Cl2N3O2. The number of hydrogen-bond donors (Lipinski definition) is 2. The molecule has 2 amide bonds. The number of piperidine rings is 1. The van der Waals surface area contributed by atoms with Gasteiger partial charge in [0.25, 0.3) is 0 Å². The third-order valence-electron chi connectivity index (χ3n) is 4.51. The van der Waals surface area contributed by atoms with E-state index >= 15 is 0 Å². The largest absolute Gasteiger partial charge is 0.356 e. The normalized spacial score (nSPS) is 17.1. The summed E-state index contributed by atoms with van der Waals surface area (Å²) < 4.78 is 0. The second-order valence-electron chi connectivity index (χ2n) is 6.42. The Kier molecular flexibility index (Phi) is 7.54. The summed E-state index contributed by atoms with van der Waals surface area (Å²) in [6, 6.07) is 4.68. The first-order valence-corrected chi connectivity index (χ1v) is 9.45. The number of nitrogens with one attached hydrogen (secondary N) is 2. The molecule has 5 nitrogen and oxygen atoms in total. The minimum Gasteiger partial charge on any atom is -0.356 e. The number of amides is 2. The van der Waals surface area contributed by atoms with Crippen LogP contribution in [0.2, 0.25) is 10.0 Å². The molecule has 0 aliphatic carbocycles. The molecule has 0 unspecified atom stereocenters. The van der Waals surface area contributed by atoms with E-state index in [9.17, 15) is 9.59 Å². The molecule has 0 spiro atoms. The molecule has 2 N–H and O–H groups in total. The fourth-order valence-corrected chi connectivity index (χ4v) is 3.51. The number of likely N-dealkylation sites (tertiary alicyclic amines) is 1. The van der Waals surface area contributed by atoms with Crippen LogP contribution in [0, 0.1) is 5.92 Å². The van der Waals surface area contributed by atoms with Crippen molar-refractivity contribution in [2.24, 2.45) is 5.92 Å². The van der Waals surface area contributed by atoms with Crippen LogP contribution >= 0.6 is 23.2 Å². The Morgan fingerprint density at radius 1 is 1.20 bits per heavy atom. The predicted octanol–water partition coefficient (Wildman–Crippen LogP) is 3.56. The lowest BCUT2D eigenvalue weighted by Gasteiger charge is -2.34. The van der Waals surface area contributed by atoms with Gasteiger partial charge in [-0.1, -0.05) is 30.1 Å². The van der Waals surface area contributed by atoms with E-state index in [1.54, 1.807) is 18.2 Å². The van der Waals surface area contributed by atoms with E-state index in [0.717, 1.165) is 38.9 Å². The molecule has 1 aliphatic heterocycles. The van der Waals surface area contributed by atoms with Gasteiger partial charge in [-0.15, -0.1) is 0 Å². The van der Waals surface area contributed by atoms with Gasteiger partial charge in [0.2, 0.25) is 11.8 Å². The fourth-order valence-electron chi connectivity index (χ4n) is 2.98. The van der Waals surface area contributed by atoms with Crippen molar-refractivity contribution in [3.63, 3.8) is 0 Å².